The first-order valence-electron chi connectivity index (χ1n) is 3.80. The summed E-state index contributed by atoms with van der Waals surface area (Å²) in [5.41, 5.74) is 7.41. The predicted octanol–water partition coefficient (Wildman–Crippen LogP) is 1.37. The van der Waals surface area contributed by atoms with Gasteiger partial charge < -0.3 is 10.2 Å². The number of hydrogen-bond acceptors (Lipinski definition) is 4. The number of hydrogen-bond donors (Lipinski definition) is 1. The quantitative estimate of drug-likeness (QED) is 0.689. The topological polar surface area (TPSA) is 64.9 Å². The molecule has 2 N–H and O–H groups in total. The first-order chi connectivity index (χ1) is 5.79. The summed E-state index contributed by atoms with van der Waals surface area (Å²) < 4.78 is 5.34. The van der Waals surface area contributed by atoms with E-state index < -0.39 is 0 Å². The number of nitrogen functional groups attached to an aromatic ring is 1. The van der Waals surface area contributed by atoms with Gasteiger partial charge in [0.1, 0.15) is 0 Å². The van der Waals surface area contributed by atoms with Crippen LogP contribution in [-0.2, 0) is 6.42 Å². The summed E-state index contributed by atoms with van der Waals surface area (Å²) in [6.45, 7) is 1.98. The Morgan fingerprint density at radius 3 is 3.17 bits per heavy atom. The first kappa shape index (κ1) is 7.09. The molecule has 0 saturated heterocycles. The highest BCUT2D eigenvalue weighted by molar-refractivity contribution is 5.71. The molecule has 0 aromatic carbocycles. The predicted molar refractivity (Wildman–Crippen MR) is 45.6 cm³/mol. The Balaban J connectivity index is 2.67. The summed E-state index contributed by atoms with van der Waals surface area (Å²) >= 11 is 0. The molecule has 4 nitrogen and oxygen atoms in total. The van der Waals surface area contributed by atoms with Gasteiger partial charge in [0.25, 0.3) is 0 Å². The van der Waals surface area contributed by atoms with Gasteiger partial charge in [0.05, 0.1) is 11.9 Å². The molecule has 62 valence electrons. The summed E-state index contributed by atoms with van der Waals surface area (Å²) in [6, 6.07) is 1.73. The second-order valence-electron chi connectivity index (χ2n) is 2.55. The Morgan fingerprint density at radius 1 is 1.58 bits per heavy atom. The second-order valence-corrected chi connectivity index (χ2v) is 2.55. The fourth-order valence-electron chi connectivity index (χ4n) is 1.03. The van der Waals surface area contributed by atoms with Crippen molar-refractivity contribution in [3.05, 3.63) is 18.2 Å². The Hall–Kier alpha value is -1.58. The lowest BCUT2D eigenvalue weighted by molar-refractivity contribution is 0.538. The van der Waals surface area contributed by atoms with E-state index in [9.17, 15) is 0 Å². The van der Waals surface area contributed by atoms with E-state index >= 15 is 0 Å². The molecule has 0 aliphatic rings. The van der Waals surface area contributed by atoms with Crippen LogP contribution >= 0.6 is 0 Å². The van der Waals surface area contributed by atoms with Crippen LogP contribution in [0.2, 0.25) is 0 Å². The van der Waals surface area contributed by atoms with E-state index in [2.05, 4.69) is 9.97 Å². The van der Waals surface area contributed by atoms with Crippen LogP contribution in [0.25, 0.3) is 11.2 Å². The van der Waals surface area contributed by atoms with Gasteiger partial charge in [0.15, 0.2) is 17.1 Å². The number of nitrogens with zero attached hydrogens (tertiary/aromatic N) is 2. The highest BCUT2D eigenvalue weighted by Gasteiger charge is 2.04. The zero-order valence-electron chi connectivity index (χ0n) is 6.74. The molecule has 0 unspecified atom stereocenters. The highest BCUT2D eigenvalue weighted by atomic mass is 16.3. The maximum atomic E-state index is 5.52. The Labute approximate surface area is 69.4 Å². The van der Waals surface area contributed by atoms with E-state index in [4.69, 9.17) is 10.2 Å². The lowest BCUT2D eigenvalue weighted by Crippen LogP contribution is -1.85. The molecule has 0 aliphatic heterocycles. The minimum atomic E-state index is 0.598. The Kier molecular flexibility index (Phi) is 1.46. The number of aryl methyl sites for hydroxylation is 1. The molecule has 12 heavy (non-hydrogen) atoms. The van der Waals surface area contributed by atoms with Crippen LogP contribution in [0.3, 0.4) is 0 Å². The third-order valence-corrected chi connectivity index (χ3v) is 1.61. The standard InChI is InChI=1S/C8H9N3O/c1-2-7-11-8-6(12-7)3-5(9)4-10-8/h3-4H,2,9H2,1H3. The highest BCUT2D eigenvalue weighted by Crippen LogP contribution is 2.15. The van der Waals surface area contributed by atoms with Gasteiger partial charge in [-0.2, -0.15) is 4.98 Å². The zero-order valence-corrected chi connectivity index (χ0v) is 6.74. The number of rotatable bonds is 1. The van der Waals surface area contributed by atoms with E-state index in [1.165, 1.54) is 0 Å². The fraction of sp³-hybridized carbons (Fsp3) is 0.250. The minimum absolute atomic E-state index is 0.598. The average molecular weight is 163 g/mol. The molecular weight excluding hydrogens is 154 g/mol. The van der Waals surface area contributed by atoms with E-state index in [0.29, 0.717) is 22.8 Å². The van der Waals surface area contributed by atoms with Crippen LogP contribution in [-0.4, -0.2) is 9.97 Å². The van der Waals surface area contributed by atoms with Crippen molar-refractivity contribution in [2.75, 3.05) is 5.73 Å². The molecule has 0 atom stereocenters. The number of aromatic nitrogens is 2. The molecule has 0 spiro atoms. The van der Waals surface area contributed by atoms with Crippen molar-refractivity contribution in [3.8, 4) is 0 Å². The molecular formula is C8H9N3O. The molecule has 2 rings (SSSR count). The zero-order chi connectivity index (χ0) is 8.55. The van der Waals surface area contributed by atoms with Crippen LogP contribution in [0.15, 0.2) is 16.7 Å². The summed E-state index contributed by atoms with van der Waals surface area (Å²) in [5.74, 6) is 0.697. The summed E-state index contributed by atoms with van der Waals surface area (Å²) in [7, 11) is 0. The summed E-state index contributed by atoms with van der Waals surface area (Å²) in [4.78, 5) is 8.16. The van der Waals surface area contributed by atoms with Crippen molar-refractivity contribution < 1.29 is 4.42 Å². The first-order valence-corrected chi connectivity index (χ1v) is 3.80. The molecule has 4 heteroatoms. The van der Waals surface area contributed by atoms with Gasteiger partial charge in [-0.15, -0.1) is 0 Å². The molecule has 2 heterocycles. The molecule has 2 aromatic heterocycles. The van der Waals surface area contributed by atoms with Gasteiger partial charge in [-0.3, -0.25) is 0 Å². The Morgan fingerprint density at radius 2 is 2.42 bits per heavy atom. The van der Waals surface area contributed by atoms with Gasteiger partial charge >= 0.3 is 0 Å². The molecule has 0 aliphatic carbocycles. The lowest BCUT2D eigenvalue weighted by Gasteiger charge is -1.87. The van der Waals surface area contributed by atoms with Gasteiger partial charge in [-0.25, -0.2) is 4.98 Å². The van der Waals surface area contributed by atoms with Crippen LogP contribution in [0.4, 0.5) is 5.69 Å². The molecule has 0 bridgehead atoms. The van der Waals surface area contributed by atoms with E-state index in [1.54, 1.807) is 12.3 Å². The second kappa shape index (κ2) is 2.48. The monoisotopic (exact) mass is 163 g/mol. The molecule has 2 aromatic rings. The summed E-state index contributed by atoms with van der Waals surface area (Å²) in [6.07, 6.45) is 2.35. The van der Waals surface area contributed by atoms with Crippen molar-refractivity contribution in [2.45, 2.75) is 13.3 Å². The van der Waals surface area contributed by atoms with Crippen LogP contribution in [0, 0.1) is 0 Å². The number of pyridine rings is 1. The van der Waals surface area contributed by atoms with Gasteiger partial charge in [0, 0.05) is 12.5 Å². The van der Waals surface area contributed by atoms with Crippen LogP contribution in [0.1, 0.15) is 12.8 Å². The van der Waals surface area contributed by atoms with Gasteiger partial charge in [-0.1, -0.05) is 6.92 Å². The third kappa shape index (κ3) is 1.01. The number of oxazole rings is 1. The van der Waals surface area contributed by atoms with Crippen LogP contribution in [0.5, 0.6) is 0 Å². The number of nitrogens with two attached hydrogens (primary N) is 1. The Bertz CT molecular complexity index is 408. The smallest absolute Gasteiger partial charge is 0.198 e. The van der Waals surface area contributed by atoms with Gasteiger partial charge in [-0.05, 0) is 0 Å². The maximum Gasteiger partial charge on any atom is 0.198 e. The van der Waals surface area contributed by atoms with E-state index in [0.717, 1.165) is 6.42 Å². The third-order valence-electron chi connectivity index (χ3n) is 1.61. The van der Waals surface area contributed by atoms with Crippen molar-refractivity contribution >= 4 is 16.9 Å². The lowest BCUT2D eigenvalue weighted by atomic mass is 10.4. The fourth-order valence-corrected chi connectivity index (χ4v) is 1.03. The minimum Gasteiger partial charge on any atom is -0.439 e. The molecule has 0 saturated carbocycles. The SMILES string of the molecule is CCc1nc2ncc(N)cc2o1. The normalized spacial score (nSPS) is 10.8. The largest absolute Gasteiger partial charge is 0.439 e. The average Bonchev–Trinajstić information content (AvgIpc) is 2.46. The van der Waals surface area contributed by atoms with E-state index in [-0.39, 0.29) is 0 Å². The van der Waals surface area contributed by atoms with Crippen molar-refractivity contribution in [3.63, 3.8) is 0 Å². The maximum absolute atomic E-state index is 5.52. The molecule has 0 radical (unpaired) electrons. The molecule has 0 fully saturated rings. The molecule has 0 amide bonds. The van der Waals surface area contributed by atoms with Gasteiger partial charge in [0.2, 0.25) is 0 Å². The van der Waals surface area contributed by atoms with Crippen molar-refractivity contribution in [2.24, 2.45) is 0 Å². The summed E-state index contributed by atoms with van der Waals surface area (Å²) in [5, 5.41) is 0. The van der Waals surface area contributed by atoms with Crippen LogP contribution < -0.4 is 5.73 Å². The number of anilines is 1. The number of fused-ring (bicyclic) bond motifs is 1. The van der Waals surface area contributed by atoms with E-state index in [1.807, 2.05) is 6.92 Å². The van der Waals surface area contributed by atoms with Crippen molar-refractivity contribution in [1.29, 1.82) is 0 Å². The van der Waals surface area contributed by atoms with Crippen molar-refractivity contribution in [1.82, 2.24) is 9.97 Å².